The van der Waals surface area contributed by atoms with E-state index in [1.807, 2.05) is 0 Å². The maximum atomic E-state index is 2.44. The molecule has 0 heterocycles. The Bertz CT molecular complexity index is 377. The largest absolute Gasteiger partial charge is 0.269 e. The van der Waals surface area contributed by atoms with Gasteiger partial charge in [0.25, 0.3) is 0 Å². The fourth-order valence-corrected chi connectivity index (χ4v) is 2.16. The van der Waals surface area contributed by atoms with Crippen LogP contribution in [0.3, 0.4) is 0 Å². The van der Waals surface area contributed by atoms with E-state index < -0.39 is 0 Å². The summed E-state index contributed by atoms with van der Waals surface area (Å²) in [5.74, 6) is 0. The molecule has 1 nitrogen and oxygen atoms in total. The Hall–Kier alpha value is -0.470. The molecule has 1 aromatic rings. The second-order valence-electron chi connectivity index (χ2n) is 6.05. The maximum absolute atomic E-state index is 2.44. The summed E-state index contributed by atoms with van der Waals surface area (Å²) in [6.07, 6.45) is 4.60. The summed E-state index contributed by atoms with van der Waals surface area (Å²) < 4.78 is 2.44. The quantitative estimate of drug-likeness (QED) is 0.800. The van der Waals surface area contributed by atoms with Crippen molar-refractivity contribution in [2.45, 2.75) is 39.7 Å². The van der Waals surface area contributed by atoms with Gasteiger partial charge in [-0.05, 0) is 48.6 Å². The van der Waals surface area contributed by atoms with Crippen molar-refractivity contribution in [1.29, 1.82) is 0 Å². The minimum Gasteiger partial charge on any atom is -0.269 e. The molecule has 0 unspecified atom stereocenters. The van der Waals surface area contributed by atoms with E-state index in [1.165, 1.54) is 16.7 Å². The van der Waals surface area contributed by atoms with Crippen molar-refractivity contribution in [3.8, 4) is 0 Å². The van der Waals surface area contributed by atoms with Gasteiger partial charge in [0.15, 0.2) is 0 Å². The lowest BCUT2D eigenvalue weighted by Crippen LogP contribution is -2.15. The minimum absolute atomic E-state index is 0.00535. The molecule has 0 bridgehead atoms. The van der Waals surface area contributed by atoms with Crippen molar-refractivity contribution in [1.82, 2.24) is 4.31 Å². The van der Waals surface area contributed by atoms with Crippen LogP contribution in [-0.4, -0.2) is 23.9 Å². The molecule has 0 radical (unpaired) electrons. The number of thiol groups is 1. The average Bonchev–Trinajstić information content (AvgIpc) is 2.19. The average molecular weight is 253 g/mol. The third kappa shape index (κ3) is 4.04. The molecule has 98 valence electrons. The topological polar surface area (TPSA) is 3.24 Å². The Kier molecular flexibility index (Phi) is 4.68. The van der Waals surface area contributed by atoms with E-state index in [4.69, 9.17) is 0 Å². The van der Waals surface area contributed by atoms with Crippen molar-refractivity contribution >= 4 is 11.1 Å². The Balaban J connectivity index is 2.91. The lowest BCUT2D eigenvalue weighted by atomic mass is 9.85. The fourth-order valence-electron chi connectivity index (χ4n) is 1.73. The highest BCUT2D eigenvalue weighted by Gasteiger charge is 2.14. The van der Waals surface area contributed by atoms with E-state index in [0.717, 1.165) is 6.54 Å². The van der Waals surface area contributed by atoms with Gasteiger partial charge in [-0.2, -0.15) is 0 Å². The smallest absolute Gasteiger partial charge is 0.0322 e. The van der Waals surface area contributed by atoms with Gasteiger partial charge >= 0.3 is 0 Å². The first-order valence-corrected chi connectivity index (χ1v) is 8.39. The zero-order valence-corrected chi connectivity index (χ0v) is 13.2. The van der Waals surface area contributed by atoms with Gasteiger partial charge in [-0.25, -0.2) is 11.1 Å². The molecule has 0 N–H and O–H groups in total. The van der Waals surface area contributed by atoms with Crippen molar-refractivity contribution in [3.63, 3.8) is 0 Å². The van der Waals surface area contributed by atoms with E-state index in [-0.39, 0.29) is 16.5 Å². The molecular weight excluding hydrogens is 226 g/mol. The van der Waals surface area contributed by atoms with Gasteiger partial charge in [0.05, 0.1) is 0 Å². The molecular formula is C15H27NS. The van der Waals surface area contributed by atoms with Gasteiger partial charge in [-0.15, -0.1) is 0 Å². The van der Waals surface area contributed by atoms with Crippen molar-refractivity contribution in [2.24, 2.45) is 0 Å². The van der Waals surface area contributed by atoms with Crippen LogP contribution in [0, 0.1) is 6.92 Å². The molecule has 0 aliphatic heterocycles. The molecule has 0 fully saturated rings. The highest BCUT2D eigenvalue weighted by atomic mass is 32.2. The number of rotatable bonds is 3. The predicted octanol–water partition coefficient (Wildman–Crippen LogP) is 3.90. The van der Waals surface area contributed by atoms with Crippen LogP contribution < -0.4 is 0 Å². The monoisotopic (exact) mass is 253 g/mol. The zero-order valence-electron chi connectivity index (χ0n) is 12.3. The molecule has 2 heteroatoms. The highest BCUT2D eigenvalue weighted by Crippen LogP contribution is 2.27. The Morgan fingerprint density at radius 1 is 1.18 bits per heavy atom. The molecule has 0 aliphatic rings. The Morgan fingerprint density at radius 2 is 1.76 bits per heavy atom. The number of hydrogen-bond acceptors (Lipinski definition) is 1. The summed E-state index contributed by atoms with van der Waals surface area (Å²) >= 11 is 0.00535. The Labute approximate surface area is 110 Å². The van der Waals surface area contributed by atoms with E-state index in [1.54, 1.807) is 0 Å². The van der Waals surface area contributed by atoms with Gasteiger partial charge < -0.3 is 0 Å². The summed E-state index contributed by atoms with van der Waals surface area (Å²) in [5, 5.41) is 0. The predicted molar refractivity (Wildman–Crippen MR) is 82.2 cm³/mol. The van der Waals surface area contributed by atoms with Crippen LogP contribution in [0.25, 0.3) is 0 Å². The van der Waals surface area contributed by atoms with Crippen LogP contribution in [0.15, 0.2) is 18.2 Å². The van der Waals surface area contributed by atoms with Crippen molar-refractivity contribution in [2.75, 3.05) is 19.6 Å². The SMILES string of the molecule is Cc1cc(C(C)(C)C)ccc1CN(C)[SH](C)C. The second-order valence-corrected chi connectivity index (χ2v) is 8.43. The highest BCUT2D eigenvalue weighted by molar-refractivity contribution is 8.13. The summed E-state index contributed by atoms with van der Waals surface area (Å²) in [5.41, 5.74) is 4.55. The number of hydrogen-bond donors (Lipinski definition) is 1. The molecule has 0 atom stereocenters. The molecule has 1 aromatic carbocycles. The van der Waals surface area contributed by atoms with Crippen LogP contribution in [-0.2, 0) is 12.0 Å². The molecule has 0 saturated carbocycles. The van der Waals surface area contributed by atoms with Crippen LogP contribution in [0.5, 0.6) is 0 Å². The van der Waals surface area contributed by atoms with Gasteiger partial charge in [-0.3, -0.25) is 4.31 Å². The maximum Gasteiger partial charge on any atom is 0.0322 e. The molecule has 0 saturated heterocycles. The lowest BCUT2D eigenvalue weighted by molar-refractivity contribution is 0.555. The first-order chi connectivity index (χ1) is 7.71. The zero-order chi connectivity index (χ0) is 13.2. The van der Waals surface area contributed by atoms with Gasteiger partial charge in [0.1, 0.15) is 0 Å². The molecule has 0 amide bonds. The third-order valence-corrected chi connectivity index (χ3v) is 4.80. The summed E-state index contributed by atoms with van der Waals surface area (Å²) in [6.45, 7) is 10.1. The van der Waals surface area contributed by atoms with Crippen LogP contribution in [0.1, 0.15) is 37.5 Å². The summed E-state index contributed by atoms with van der Waals surface area (Å²) in [6, 6.07) is 6.92. The number of nitrogens with zero attached hydrogens (tertiary/aromatic N) is 1. The van der Waals surface area contributed by atoms with Gasteiger partial charge in [0, 0.05) is 6.54 Å². The standard InChI is InChI=1S/C15H27NS/c1-12-10-14(15(2,3)4)9-8-13(12)11-16(5)17(6)7/h8-10,17H,11H2,1-7H3. The van der Waals surface area contributed by atoms with Crippen molar-refractivity contribution in [3.05, 3.63) is 34.9 Å². The first kappa shape index (κ1) is 14.6. The van der Waals surface area contributed by atoms with Gasteiger partial charge in [-0.1, -0.05) is 39.0 Å². The van der Waals surface area contributed by atoms with Crippen LogP contribution >= 0.6 is 11.1 Å². The first-order valence-electron chi connectivity index (χ1n) is 6.20. The van der Waals surface area contributed by atoms with Crippen LogP contribution in [0.2, 0.25) is 0 Å². The van der Waals surface area contributed by atoms with E-state index in [2.05, 4.69) is 69.8 Å². The Morgan fingerprint density at radius 3 is 2.18 bits per heavy atom. The minimum atomic E-state index is 0.00535. The summed E-state index contributed by atoms with van der Waals surface area (Å²) in [7, 11) is 2.21. The van der Waals surface area contributed by atoms with E-state index >= 15 is 0 Å². The third-order valence-electron chi connectivity index (χ3n) is 3.29. The lowest BCUT2D eigenvalue weighted by Gasteiger charge is -2.26. The number of benzene rings is 1. The molecule has 0 aromatic heterocycles. The number of aryl methyl sites for hydroxylation is 1. The fraction of sp³-hybridized carbons (Fsp3) is 0.600. The normalized spacial score (nSPS) is 13.1. The second kappa shape index (κ2) is 5.45. The molecule has 1 rings (SSSR count). The van der Waals surface area contributed by atoms with Crippen LogP contribution in [0.4, 0.5) is 0 Å². The molecule has 0 aliphatic carbocycles. The van der Waals surface area contributed by atoms with E-state index in [9.17, 15) is 0 Å². The summed E-state index contributed by atoms with van der Waals surface area (Å²) in [4.78, 5) is 0. The van der Waals surface area contributed by atoms with E-state index in [0.29, 0.717) is 0 Å². The van der Waals surface area contributed by atoms with Gasteiger partial charge in [0.2, 0.25) is 0 Å². The van der Waals surface area contributed by atoms with Crippen molar-refractivity contribution < 1.29 is 0 Å². The molecule has 0 spiro atoms. The molecule has 17 heavy (non-hydrogen) atoms.